The summed E-state index contributed by atoms with van der Waals surface area (Å²) in [5.41, 5.74) is 0.826. The Morgan fingerprint density at radius 1 is 1.26 bits per heavy atom. The van der Waals surface area contributed by atoms with Gasteiger partial charge in [-0.1, -0.05) is 44.2 Å². The third kappa shape index (κ3) is 4.84. The van der Waals surface area contributed by atoms with Crippen LogP contribution in [0.25, 0.3) is 0 Å². The Balaban J connectivity index is 2.56. The topological polar surface area (TPSA) is 32.3 Å². The second-order valence-electron chi connectivity index (χ2n) is 5.29. The lowest BCUT2D eigenvalue weighted by Gasteiger charge is -2.28. The van der Waals surface area contributed by atoms with Crippen molar-refractivity contribution in [3.05, 3.63) is 35.9 Å². The molecule has 2 unspecified atom stereocenters. The number of likely N-dealkylation sites (N-methyl/N-ethyl adjacent to an activating group) is 1. The van der Waals surface area contributed by atoms with Crippen LogP contribution < -0.4 is 5.32 Å². The minimum Gasteiger partial charge on any atom is -0.353 e. The minimum absolute atomic E-state index is 0.139. The van der Waals surface area contributed by atoms with Gasteiger partial charge in [-0.05, 0) is 25.6 Å². The van der Waals surface area contributed by atoms with E-state index in [-0.39, 0.29) is 5.91 Å². The number of hydrogen-bond acceptors (Lipinski definition) is 2. The molecule has 1 aromatic rings. The molecule has 2 atom stereocenters. The number of nitrogens with one attached hydrogen (secondary N) is 1. The zero-order valence-corrected chi connectivity index (χ0v) is 12.8. The highest BCUT2D eigenvalue weighted by Gasteiger charge is 2.20. The Labute approximate surface area is 120 Å². The second kappa shape index (κ2) is 7.51. The van der Waals surface area contributed by atoms with Gasteiger partial charge in [0.15, 0.2) is 0 Å². The first-order valence-electron chi connectivity index (χ1n) is 6.56. The summed E-state index contributed by atoms with van der Waals surface area (Å²) in [5.74, 6) is 0.334. The number of carbonyl (C=O) groups excluding carboxylic acids is 1. The van der Waals surface area contributed by atoms with Crippen LogP contribution in [-0.4, -0.2) is 37.5 Å². The van der Waals surface area contributed by atoms with Gasteiger partial charge in [-0.2, -0.15) is 0 Å². The fourth-order valence-electron chi connectivity index (χ4n) is 2.08. The van der Waals surface area contributed by atoms with E-state index >= 15 is 0 Å². The molecule has 0 saturated heterocycles. The molecule has 0 fully saturated rings. The number of halogens is 1. The number of rotatable bonds is 6. The molecule has 1 amide bonds. The van der Waals surface area contributed by atoms with Crippen molar-refractivity contribution in [2.45, 2.75) is 25.3 Å². The third-order valence-corrected chi connectivity index (χ3v) is 3.69. The summed E-state index contributed by atoms with van der Waals surface area (Å²) >= 11 is 6.17. The van der Waals surface area contributed by atoms with Crippen LogP contribution in [0.15, 0.2) is 30.3 Å². The van der Waals surface area contributed by atoms with Crippen LogP contribution in [0.4, 0.5) is 0 Å². The van der Waals surface area contributed by atoms with Crippen molar-refractivity contribution >= 4 is 17.5 Å². The molecule has 0 spiro atoms. The van der Waals surface area contributed by atoms with Gasteiger partial charge in [0.2, 0.25) is 5.91 Å². The van der Waals surface area contributed by atoms with Crippen LogP contribution in [-0.2, 0) is 4.79 Å². The maximum Gasteiger partial charge on any atom is 0.242 e. The minimum atomic E-state index is -0.629. The standard InChI is InChI=1S/C15H23ClN2O/c1-11(2)13(18(3)4)10-17-15(19)14(16)12-8-6-5-7-9-12/h5-9,11,13-14H,10H2,1-4H3,(H,17,19). The maximum absolute atomic E-state index is 12.0. The molecule has 4 heteroatoms. The van der Waals surface area contributed by atoms with Gasteiger partial charge >= 0.3 is 0 Å². The van der Waals surface area contributed by atoms with Crippen LogP contribution in [0.2, 0.25) is 0 Å². The van der Waals surface area contributed by atoms with Gasteiger partial charge in [-0.25, -0.2) is 0 Å². The summed E-state index contributed by atoms with van der Waals surface area (Å²) in [7, 11) is 4.04. The highest BCUT2D eigenvalue weighted by molar-refractivity contribution is 6.30. The molecule has 0 aromatic heterocycles. The van der Waals surface area contributed by atoms with Gasteiger partial charge in [-0.3, -0.25) is 4.79 Å². The average Bonchev–Trinajstić information content (AvgIpc) is 2.38. The van der Waals surface area contributed by atoms with E-state index in [0.29, 0.717) is 18.5 Å². The van der Waals surface area contributed by atoms with E-state index in [1.807, 2.05) is 44.4 Å². The predicted octanol–water partition coefficient (Wildman–Crippen LogP) is 2.67. The van der Waals surface area contributed by atoms with E-state index in [9.17, 15) is 4.79 Å². The van der Waals surface area contributed by atoms with Crippen molar-refractivity contribution in [1.29, 1.82) is 0 Å². The first-order valence-corrected chi connectivity index (χ1v) is 7.00. The van der Waals surface area contributed by atoms with Crippen molar-refractivity contribution in [2.24, 2.45) is 5.92 Å². The Hall–Kier alpha value is -1.06. The molecule has 0 aliphatic carbocycles. The molecule has 3 nitrogen and oxygen atoms in total. The van der Waals surface area contributed by atoms with Crippen LogP contribution in [0.5, 0.6) is 0 Å². The number of hydrogen-bond donors (Lipinski definition) is 1. The van der Waals surface area contributed by atoms with Gasteiger partial charge < -0.3 is 10.2 Å². The lowest BCUT2D eigenvalue weighted by molar-refractivity contribution is -0.121. The van der Waals surface area contributed by atoms with Crippen molar-refractivity contribution < 1.29 is 4.79 Å². The quantitative estimate of drug-likeness (QED) is 0.814. The van der Waals surface area contributed by atoms with Crippen molar-refractivity contribution in [2.75, 3.05) is 20.6 Å². The zero-order valence-electron chi connectivity index (χ0n) is 12.1. The summed E-state index contributed by atoms with van der Waals surface area (Å²) in [5, 5.41) is 2.30. The summed E-state index contributed by atoms with van der Waals surface area (Å²) < 4.78 is 0. The van der Waals surface area contributed by atoms with Gasteiger partial charge in [0.25, 0.3) is 0 Å². The van der Waals surface area contributed by atoms with E-state index in [0.717, 1.165) is 5.56 Å². The van der Waals surface area contributed by atoms with Crippen LogP contribution in [0.3, 0.4) is 0 Å². The normalized spacial score (nSPS) is 14.5. The van der Waals surface area contributed by atoms with Gasteiger partial charge in [0.1, 0.15) is 5.38 Å². The Morgan fingerprint density at radius 3 is 2.32 bits per heavy atom. The molecular weight excluding hydrogens is 260 g/mol. The maximum atomic E-state index is 12.0. The third-order valence-electron chi connectivity index (χ3n) is 3.24. The van der Waals surface area contributed by atoms with Crippen LogP contribution in [0, 0.1) is 5.92 Å². The van der Waals surface area contributed by atoms with E-state index in [4.69, 9.17) is 11.6 Å². The van der Waals surface area contributed by atoms with E-state index < -0.39 is 5.38 Å². The molecule has 0 heterocycles. The largest absolute Gasteiger partial charge is 0.353 e. The first-order chi connectivity index (χ1) is 8.93. The summed E-state index contributed by atoms with van der Waals surface area (Å²) in [4.78, 5) is 14.2. The van der Waals surface area contributed by atoms with Gasteiger partial charge in [-0.15, -0.1) is 11.6 Å². The summed E-state index contributed by atoms with van der Waals surface area (Å²) in [6, 6.07) is 9.71. The highest BCUT2D eigenvalue weighted by atomic mass is 35.5. The molecule has 19 heavy (non-hydrogen) atoms. The van der Waals surface area contributed by atoms with Gasteiger partial charge in [0, 0.05) is 12.6 Å². The van der Waals surface area contributed by atoms with Gasteiger partial charge in [0.05, 0.1) is 0 Å². The first kappa shape index (κ1) is 16.0. The van der Waals surface area contributed by atoms with Crippen LogP contribution in [0.1, 0.15) is 24.8 Å². The number of benzene rings is 1. The highest BCUT2D eigenvalue weighted by Crippen LogP contribution is 2.20. The molecular formula is C15H23ClN2O. The lowest BCUT2D eigenvalue weighted by atomic mass is 10.0. The van der Waals surface area contributed by atoms with Crippen molar-refractivity contribution in [1.82, 2.24) is 10.2 Å². The average molecular weight is 283 g/mol. The fraction of sp³-hybridized carbons (Fsp3) is 0.533. The molecule has 1 aromatic carbocycles. The number of carbonyl (C=O) groups is 1. The number of alkyl halides is 1. The Bertz CT molecular complexity index is 384. The predicted molar refractivity (Wildman–Crippen MR) is 80.4 cm³/mol. The molecule has 1 N–H and O–H groups in total. The molecule has 106 valence electrons. The number of nitrogens with zero attached hydrogens (tertiary/aromatic N) is 1. The Morgan fingerprint density at radius 2 is 1.84 bits per heavy atom. The molecule has 0 aliphatic heterocycles. The molecule has 0 saturated carbocycles. The lowest BCUT2D eigenvalue weighted by Crippen LogP contribution is -2.44. The molecule has 0 bridgehead atoms. The van der Waals surface area contributed by atoms with Crippen molar-refractivity contribution in [3.8, 4) is 0 Å². The van der Waals surface area contributed by atoms with E-state index in [1.54, 1.807) is 0 Å². The zero-order chi connectivity index (χ0) is 14.4. The monoisotopic (exact) mass is 282 g/mol. The summed E-state index contributed by atoms with van der Waals surface area (Å²) in [6.07, 6.45) is 0. The molecule has 0 radical (unpaired) electrons. The van der Waals surface area contributed by atoms with Crippen molar-refractivity contribution in [3.63, 3.8) is 0 Å². The molecule has 1 rings (SSSR count). The molecule has 0 aliphatic rings. The fourth-order valence-corrected chi connectivity index (χ4v) is 2.31. The summed E-state index contributed by atoms with van der Waals surface area (Å²) in [6.45, 7) is 4.90. The smallest absolute Gasteiger partial charge is 0.242 e. The van der Waals surface area contributed by atoms with Crippen LogP contribution >= 0.6 is 11.6 Å². The van der Waals surface area contributed by atoms with E-state index in [2.05, 4.69) is 24.1 Å². The second-order valence-corrected chi connectivity index (χ2v) is 5.73. The SMILES string of the molecule is CC(C)C(CNC(=O)C(Cl)c1ccccc1)N(C)C. The van der Waals surface area contributed by atoms with E-state index in [1.165, 1.54) is 0 Å². The Kier molecular flexibility index (Phi) is 6.32. The number of amides is 1.